The molecular formula is C23H22ClN3O3. The Morgan fingerprint density at radius 1 is 1.17 bits per heavy atom. The molecule has 0 aliphatic heterocycles. The molecule has 30 heavy (non-hydrogen) atoms. The second kappa shape index (κ2) is 8.32. The van der Waals surface area contributed by atoms with Gasteiger partial charge in [-0.15, -0.1) is 0 Å². The molecule has 6 nitrogen and oxygen atoms in total. The number of ether oxygens (including phenoxy) is 1. The Labute approximate surface area is 179 Å². The van der Waals surface area contributed by atoms with Crippen LogP contribution in [0.25, 0.3) is 5.69 Å². The molecule has 0 bridgehead atoms. The number of hydrogen-bond donors (Lipinski definition) is 0. The fraction of sp³-hybridized carbons (Fsp3) is 0.261. The van der Waals surface area contributed by atoms with Crippen LogP contribution >= 0.6 is 11.6 Å². The topological polar surface area (TPSA) is 64.4 Å². The number of nitrogens with zero attached hydrogens (tertiary/aromatic N) is 3. The van der Waals surface area contributed by atoms with Gasteiger partial charge in [0.05, 0.1) is 12.8 Å². The van der Waals surface area contributed by atoms with E-state index in [1.54, 1.807) is 47.9 Å². The molecule has 1 fully saturated rings. The molecule has 0 radical (unpaired) electrons. The second-order valence-corrected chi connectivity index (χ2v) is 7.84. The largest absolute Gasteiger partial charge is 0.497 e. The minimum Gasteiger partial charge on any atom is -0.497 e. The van der Waals surface area contributed by atoms with E-state index in [1.165, 1.54) is 6.07 Å². The third-order valence-corrected chi connectivity index (χ3v) is 5.39. The highest BCUT2D eigenvalue weighted by atomic mass is 35.5. The van der Waals surface area contributed by atoms with E-state index < -0.39 is 0 Å². The molecule has 1 heterocycles. The van der Waals surface area contributed by atoms with E-state index in [4.69, 9.17) is 16.3 Å². The van der Waals surface area contributed by atoms with Crippen molar-refractivity contribution in [2.24, 2.45) is 0 Å². The van der Waals surface area contributed by atoms with Gasteiger partial charge in [-0.05, 0) is 61.7 Å². The van der Waals surface area contributed by atoms with Crippen molar-refractivity contribution < 1.29 is 9.53 Å². The number of hydrogen-bond acceptors (Lipinski definition) is 4. The molecule has 0 N–H and O–H groups in total. The van der Waals surface area contributed by atoms with Crippen LogP contribution in [0.3, 0.4) is 0 Å². The summed E-state index contributed by atoms with van der Waals surface area (Å²) < 4.78 is 6.80. The van der Waals surface area contributed by atoms with Gasteiger partial charge in [-0.25, -0.2) is 4.68 Å². The second-order valence-electron chi connectivity index (χ2n) is 7.40. The number of benzene rings is 2. The predicted octanol–water partition coefficient (Wildman–Crippen LogP) is 4.01. The summed E-state index contributed by atoms with van der Waals surface area (Å²) in [7, 11) is 1.61. The third-order valence-electron chi connectivity index (χ3n) is 5.14. The molecule has 0 atom stereocenters. The first kappa shape index (κ1) is 20.2. The van der Waals surface area contributed by atoms with Gasteiger partial charge in [0.2, 0.25) is 5.43 Å². The van der Waals surface area contributed by atoms with E-state index in [2.05, 4.69) is 5.10 Å². The summed E-state index contributed by atoms with van der Waals surface area (Å²) in [5, 5.41) is 5.03. The first-order valence-electron chi connectivity index (χ1n) is 9.77. The smallest absolute Gasteiger partial charge is 0.278 e. The highest BCUT2D eigenvalue weighted by molar-refractivity contribution is 6.30. The van der Waals surface area contributed by atoms with Gasteiger partial charge in [0.1, 0.15) is 5.75 Å². The van der Waals surface area contributed by atoms with Crippen LogP contribution in [-0.4, -0.2) is 33.7 Å². The average molecular weight is 424 g/mol. The molecule has 1 amide bonds. The summed E-state index contributed by atoms with van der Waals surface area (Å²) in [6, 6.07) is 16.3. The van der Waals surface area contributed by atoms with E-state index >= 15 is 0 Å². The zero-order valence-corrected chi connectivity index (χ0v) is 17.6. The van der Waals surface area contributed by atoms with Crippen molar-refractivity contribution in [3.05, 3.63) is 86.8 Å². The number of methoxy groups -OCH3 is 1. The van der Waals surface area contributed by atoms with Gasteiger partial charge >= 0.3 is 0 Å². The fourth-order valence-corrected chi connectivity index (χ4v) is 3.48. The Kier molecular flexibility index (Phi) is 5.59. The molecule has 7 heteroatoms. The van der Waals surface area contributed by atoms with Crippen molar-refractivity contribution in [2.45, 2.75) is 32.4 Å². The summed E-state index contributed by atoms with van der Waals surface area (Å²) in [5.74, 6) is 0.412. The average Bonchev–Trinajstić information content (AvgIpc) is 3.58. The van der Waals surface area contributed by atoms with Gasteiger partial charge in [-0.3, -0.25) is 9.59 Å². The van der Waals surface area contributed by atoms with Gasteiger partial charge in [0, 0.05) is 29.4 Å². The molecular weight excluding hydrogens is 402 g/mol. The lowest BCUT2D eigenvalue weighted by Gasteiger charge is -2.22. The maximum atomic E-state index is 13.3. The van der Waals surface area contributed by atoms with Gasteiger partial charge in [-0.1, -0.05) is 23.7 Å². The predicted molar refractivity (Wildman–Crippen MR) is 115 cm³/mol. The van der Waals surface area contributed by atoms with Crippen molar-refractivity contribution in [2.75, 3.05) is 7.11 Å². The Balaban J connectivity index is 1.66. The SMILES string of the molecule is COc1ccc(CN(C(=O)c2nn(-c3ccc(Cl)cc3)c(C)cc2=O)C2CC2)cc1. The van der Waals surface area contributed by atoms with Gasteiger partial charge in [0.25, 0.3) is 5.91 Å². The van der Waals surface area contributed by atoms with Crippen molar-refractivity contribution >= 4 is 17.5 Å². The Bertz CT molecular complexity index is 1120. The first-order chi connectivity index (χ1) is 14.5. The third kappa shape index (κ3) is 4.24. The van der Waals surface area contributed by atoms with Crippen LogP contribution in [0.4, 0.5) is 0 Å². The van der Waals surface area contributed by atoms with Crippen LogP contribution in [0, 0.1) is 6.92 Å². The summed E-state index contributed by atoms with van der Waals surface area (Å²) in [6.07, 6.45) is 1.86. The van der Waals surface area contributed by atoms with Crippen LogP contribution in [0.2, 0.25) is 5.02 Å². The molecule has 1 aliphatic rings. The molecule has 0 unspecified atom stereocenters. The normalized spacial score (nSPS) is 13.2. The maximum Gasteiger partial charge on any atom is 0.278 e. The molecule has 3 aromatic rings. The molecule has 1 saturated carbocycles. The van der Waals surface area contributed by atoms with Crippen molar-refractivity contribution in [3.63, 3.8) is 0 Å². The quantitative estimate of drug-likeness (QED) is 0.601. The summed E-state index contributed by atoms with van der Waals surface area (Å²) in [6.45, 7) is 2.21. The van der Waals surface area contributed by atoms with Crippen LogP contribution in [0.1, 0.15) is 34.6 Å². The van der Waals surface area contributed by atoms with Crippen molar-refractivity contribution in [1.82, 2.24) is 14.7 Å². The first-order valence-corrected chi connectivity index (χ1v) is 10.1. The molecule has 0 spiro atoms. The van der Waals surface area contributed by atoms with Crippen LogP contribution in [-0.2, 0) is 6.54 Å². The van der Waals surface area contributed by atoms with Crippen LogP contribution in [0.5, 0.6) is 5.75 Å². The number of amides is 1. The van der Waals surface area contributed by atoms with E-state index in [1.807, 2.05) is 24.3 Å². The Hall–Kier alpha value is -3.12. The summed E-state index contributed by atoms with van der Waals surface area (Å²) >= 11 is 5.98. The van der Waals surface area contributed by atoms with E-state index in [9.17, 15) is 9.59 Å². The lowest BCUT2D eigenvalue weighted by molar-refractivity contribution is 0.0720. The molecule has 1 aromatic heterocycles. The lowest BCUT2D eigenvalue weighted by Crippen LogP contribution is -2.37. The highest BCUT2D eigenvalue weighted by Gasteiger charge is 2.35. The number of aromatic nitrogens is 2. The van der Waals surface area contributed by atoms with Gasteiger partial charge < -0.3 is 9.64 Å². The summed E-state index contributed by atoms with van der Waals surface area (Å²) in [4.78, 5) is 27.7. The molecule has 4 rings (SSSR count). The molecule has 154 valence electrons. The standard InChI is InChI=1S/C23H22ClN3O3/c1-15-13-21(28)22(25-27(15)19-7-5-17(24)6-8-19)23(29)26(18-9-10-18)14-16-3-11-20(30-2)12-4-16/h3-8,11-13,18H,9-10,14H2,1-2H3. The monoisotopic (exact) mass is 423 g/mol. The Morgan fingerprint density at radius 2 is 1.83 bits per heavy atom. The maximum absolute atomic E-state index is 13.3. The van der Waals surface area contributed by atoms with E-state index in [0.29, 0.717) is 17.3 Å². The number of aryl methyl sites for hydroxylation is 1. The Morgan fingerprint density at radius 3 is 2.43 bits per heavy atom. The highest BCUT2D eigenvalue weighted by Crippen LogP contribution is 2.29. The van der Waals surface area contributed by atoms with E-state index in [0.717, 1.165) is 29.8 Å². The zero-order chi connectivity index (χ0) is 21.3. The summed E-state index contributed by atoms with van der Waals surface area (Å²) in [5.41, 5.74) is 1.91. The number of carbonyl (C=O) groups is 1. The lowest BCUT2D eigenvalue weighted by atomic mass is 10.2. The fourth-order valence-electron chi connectivity index (χ4n) is 3.36. The van der Waals surface area contributed by atoms with Crippen LogP contribution in [0.15, 0.2) is 59.4 Å². The molecule has 0 saturated heterocycles. The van der Waals surface area contributed by atoms with Gasteiger partial charge in [-0.2, -0.15) is 5.10 Å². The van der Waals surface area contributed by atoms with Crippen molar-refractivity contribution in [1.29, 1.82) is 0 Å². The number of rotatable bonds is 6. The minimum absolute atomic E-state index is 0.0732. The number of halogens is 1. The van der Waals surface area contributed by atoms with Crippen LogP contribution < -0.4 is 10.2 Å². The minimum atomic E-state index is -0.372. The molecule has 1 aliphatic carbocycles. The van der Waals surface area contributed by atoms with Gasteiger partial charge in [0.15, 0.2) is 5.69 Å². The number of carbonyl (C=O) groups excluding carboxylic acids is 1. The zero-order valence-electron chi connectivity index (χ0n) is 16.8. The van der Waals surface area contributed by atoms with Crippen molar-refractivity contribution in [3.8, 4) is 11.4 Å². The van der Waals surface area contributed by atoms with E-state index in [-0.39, 0.29) is 23.1 Å². The molecule has 2 aromatic carbocycles.